The molecule has 5 heteroatoms. The molecule has 23 heavy (non-hydrogen) atoms. The standard InChI is InChI=1S/C18H28N2O2.ClH/c1-13(20-17(21)16-6-5-11-19-16)12-22-15-9-7-14(8-10-15)18(2,3)4;/h7-10,13,16,19H,5-6,11-12H2,1-4H3,(H,20,21);1H. The molecule has 2 N–H and O–H groups in total. The van der Waals surface area contributed by atoms with Gasteiger partial charge in [0, 0.05) is 0 Å². The minimum Gasteiger partial charge on any atom is -0.491 e. The van der Waals surface area contributed by atoms with Gasteiger partial charge >= 0.3 is 0 Å². The van der Waals surface area contributed by atoms with Crippen molar-refractivity contribution < 1.29 is 9.53 Å². The Morgan fingerprint density at radius 2 is 2.00 bits per heavy atom. The Labute approximate surface area is 145 Å². The summed E-state index contributed by atoms with van der Waals surface area (Å²) >= 11 is 0. The zero-order valence-corrected chi connectivity index (χ0v) is 15.3. The summed E-state index contributed by atoms with van der Waals surface area (Å²) in [6, 6.07) is 8.15. The molecule has 1 aromatic rings. The van der Waals surface area contributed by atoms with Gasteiger partial charge in [-0.1, -0.05) is 32.9 Å². The molecule has 2 rings (SSSR count). The topological polar surface area (TPSA) is 50.4 Å². The molecular weight excluding hydrogens is 312 g/mol. The minimum atomic E-state index is -0.0338. The number of amides is 1. The van der Waals surface area contributed by atoms with E-state index in [-0.39, 0.29) is 35.8 Å². The number of carbonyl (C=O) groups excluding carboxylic acids is 1. The van der Waals surface area contributed by atoms with Crippen molar-refractivity contribution in [2.45, 2.75) is 58.0 Å². The van der Waals surface area contributed by atoms with Crippen molar-refractivity contribution in [2.24, 2.45) is 0 Å². The third-order valence-corrected chi connectivity index (χ3v) is 3.99. The first-order valence-corrected chi connectivity index (χ1v) is 8.13. The summed E-state index contributed by atoms with van der Waals surface area (Å²) in [4.78, 5) is 12.0. The van der Waals surface area contributed by atoms with Crippen LogP contribution in [0.2, 0.25) is 0 Å². The van der Waals surface area contributed by atoms with Crippen molar-refractivity contribution >= 4 is 18.3 Å². The van der Waals surface area contributed by atoms with Crippen LogP contribution in [0.3, 0.4) is 0 Å². The molecule has 0 radical (unpaired) electrons. The lowest BCUT2D eigenvalue weighted by atomic mass is 9.87. The largest absolute Gasteiger partial charge is 0.491 e. The molecule has 0 spiro atoms. The number of nitrogens with one attached hydrogen (secondary N) is 2. The molecule has 1 heterocycles. The Balaban J connectivity index is 0.00000264. The van der Waals surface area contributed by atoms with Gasteiger partial charge in [-0.25, -0.2) is 0 Å². The second-order valence-electron chi connectivity index (χ2n) is 7.14. The smallest absolute Gasteiger partial charge is 0.237 e. The van der Waals surface area contributed by atoms with Crippen LogP contribution < -0.4 is 15.4 Å². The van der Waals surface area contributed by atoms with Gasteiger partial charge in [0.05, 0.1) is 12.1 Å². The second-order valence-corrected chi connectivity index (χ2v) is 7.14. The van der Waals surface area contributed by atoms with Crippen LogP contribution in [0.25, 0.3) is 0 Å². The van der Waals surface area contributed by atoms with Gasteiger partial charge in [0.1, 0.15) is 12.4 Å². The van der Waals surface area contributed by atoms with E-state index in [0.717, 1.165) is 25.1 Å². The maximum atomic E-state index is 12.0. The Morgan fingerprint density at radius 1 is 1.35 bits per heavy atom. The van der Waals surface area contributed by atoms with Crippen molar-refractivity contribution in [1.29, 1.82) is 0 Å². The van der Waals surface area contributed by atoms with Gasteiger partial charge in [-0.3, -0.25) is 4.79 Å². The third kappa shape index (κ3) is 6.04. The summed E-state index contributed by atoms with van der Waals surface area (Å²) in [6.07, 6.45) is 2.00. The molecule has 1 saturated heterocycles. The highest BCUT2D eigenvalue weighted by atomic mass is 35.5. The van der Waals surface area contributed by atoms with E-state index >= 15 is 0 Å². The van der Waals surface area contributed by atoms with Gasteiger partial charge in [-0.15, -0.1) is 12.4 Å². The van der Waals surface area contributed by atoms with E-state index in [9.17, 15) is 4.79 Å². The molecule has 1 aromatic carbocycles. The first-order chi connectivity index (χ1) is 10.4. The van der Waals surface area contributed by atoms with Gasteiger partial charge in [0.15, 0.2) is 0 Å². The quantitative estimate of drug-likeness (QED) is 0.866. The summed E-state index contributed by atoms with van der Waals surface area (Å²) in [5, 5.41) is 6.20. The molecule has 1 fully saturated rings. The van der Waals surface area contributed by atoms with Crippen molar-refractivity contribution in [2.75, 3.05) is 13.2 Å². The Hall–Kier alpha value is -1.26. The number of hydrogen-bond acceptors (Lipinski definition) is 3. The van der Waals surface area contributed by atoms with Crippen LogP contribution in [-0.4, -0.2) is 31.1 Å². The third-order valence-electron chi connectivity index (χ3n) is 3.99. The fourth-order valence-electron chi connectivity index (χ4n) is 2.57. The molecule has 0 aliphatic carbocycles. The number of hydrogen-bond donors (Lipinski definition) is 2. The predicted octanol–water partition coefficient (Wildman–Crippen LogP) is 3.04. The Morgan fingerprint density at radius 3 is 2.52 bits per heavy atom. The molecule has 1 amide bonds. The van der Waals surface area contributed by atoms with E-state index in [4.69, 9.17) is 4.74 Å². The van der Waals surface area contributed by atoms with Crippen LogP contribution in [0.1, 0.15) is 46.1 Å². The highest BCUT2D eigenvalue weighted by molar-refractivity contribution is 5.85. The molecule has 0 aromatic heterocycles. The van der Waals surface area contributed by atoms with Crippen LogP contribution in [0.15, 0.2) is 24.3 Å². The van der Waals surface area contributed by atoms with E-state index in [1.807, 2.05) is 19.1 Å². The lowest BCUT2D eigenvalue weighted by Gasteiger charge is -2.20. The Kier molecular flexibility index (Phi) is 7.36. The monoisotopic (exact) mass is 340 g/mol. The van der Waals surface area contributed by atoms with E-state index in [1.54, 1.807) is 0 Å². The summed E-state index contributed by atoms with van der Waals surface area (Å²) in [6.45, 7) is 9.96. The molecule has 2 unspecified atom stereocenters. The van der Waals surface area contributed by atoms with Crippen LogP contribution in [0, 0.1) is 0 Å². The molecule has 130 valence electrons. The maximum Gasteiger partial charge on any atom is 0.237 e. The predicted molar refractivity (Wildman–Crippen MR) is 96.5 cm³/mol. The van der Waals surface area contributed by atoms with Crippen molar-refractivity contribution in [1.82, 2.24) is 10.6 Å². The van der Waals surface area contributed by atoms with Crippen LogP contribution >= 0.6 is 12.4 Å². The highest BCUT2D eigenvalue weighted by Gasteiger charge is 2.23. The van der Waals surface area contributed by atoms with Crippen LogP contribution in [0.4, 0.5) is 0 Å². The van der Waals surface area contributed by atoms with E-state index in [1.165, 1.54) is 5.56 Å². The highest BCUT2D eigenvalue weighted by Crippen LogP contribution is 2.24. The summed E-state index contributed by atoms with van der Waals surface area (Å²) < 4.78 is 5.76. The molecule has 0 bridgehead atoms. The second kappa shape index (κ2) is 8.55. The molecule has 2 atom stereocenters. The van der Waals surface area contributed by atoms with Gasteiger partial charge in [0.25, 0.3) is 0 Å². The van der Waals surface area contributed by atoms with E-state index in [0.29, 0.717) is 6.61 Å². The number of benzene rings is 1. The van der Waals surface area contributed by atoms with Gasteiger partial charge in [-0.05, 0) is 49.4 Å². The first kappa shape index (κ1) is 19.8. The fraction of sp³-hybridized carbons (Fsp3) is 0.611. The fourth-order valence-corrected chi connectivity index (χ4v) is 2.57. The number of rotatable bonds is 5. The molecule has 0 saturated carbocycles. The van der Waals surface area contributed by atoms with Gasteiger partial charge in [-0.2, -0.15) is 0 Å². The molecular formula is C18H29ClN2O2. The minimum absolute atomic E-state index is 0. The average molecular weight is 341 g/mol. The van der Waals surface area contributed by atoms with Crippen molar-refractivity contribution in [3.63, 3.8) is 0 Å². The van der Waals surface area contributed by atoms with Gasteiger partial charge < -0.3 is 15.4 Å². The zero-order valence-electron chi connectivity index (χ0n) is 14.5. The molecule has 1 aliphatic heterocycles. The number of ether oxygens (including phenoxy) is 1. The average Bonchev–Trinajstić information content (AvgIpc) is 2.99. The first-order valence-electron chi connectivity index (χ1n) is 8.13. The number of carbonyl (C=O) groups is 1. The van der Waals surface area contributed by atoms with Crippen molar-refractivity contribution in [3.05, 3.63) is 29.8 Å². The van der Waals surface area contributed by atoms with Crippen LogP contribution in [0.5, 0.6) is 5.75 Å². The summed E-state index contributed by atoms with van der Waals surface area (Å²) in [7, 11) is 0. The molecule has 4 nitrogen and oxygen atoms in total. The van der Waals surface area contributed by atoms with Crippen molar-refractivity contribution in [3.8, 4) is 5.75 Å². The van der Waals surface area contributed by atoms with Crippen LogP contribution in [-0.2, 0) is 10.2 Å². The maximum absolute atomic E-state index is 12.0. The normalized spacial score (nSPS) is 18.9. The lowest BCUT2D eigenvalue weighted by molar-refractivity contribution is -0.123. The lowest BCUT2D eigenvalue weighted by Crippen LogP contribution is -2.46. The SMILES string of the molecule is CC(COc1ccc(C(C)(C)C)cc1)NC(=O)C1CCCN1.Cl. The van der Waals surface area contributed by atoms with E-state index in [2.05, 4.69) is 43.5 Å². The Bertz CT molecular complexity index is 491. The summed E-state index contributed by atoms with van der Waals surface area (Å²) in [5.74, 6) is 0.921. The van der Waals surface area contributed by atoms with Gasteiger partial charge in [0.2, 0.25) is 5.91 Å². The molecule has 1 aliphatic rings. The zero-order chi connectivity index (χ0) is 16.2. The number of halogens is 1. The van der Waals surface area contributed by atoms with E-state index < -0.39 is 0 Å². The summed E-state index contributed by atoms with van der Waals surface area (Å²) in [5.41, 5.74) is 1.43.